The van der Waals surface area contributed by atoms with Crippen molar-refractivity contribution < 1.29 is 45.5 Å². The summed E-state index contributed by atoms with van der Waals surface area (Å²) in [6.07, 6.45) is -6.65. The molecule has 208 valence electrons. The van der Waals surface area contributed by atoms with Crippen LogP contribution in [0.25, 0.3) is 11.1 Å². The first kappa shape index (κ1) is 30.5. The molecule has 0 saturated carbocycles. The Morgan fingerprint density at radius 1 is 1.11 bits per heavy atom. The first-order chi connectivity index (χ1) is 17.6. The number of rotatable bonds is 5. The first-order valence-electron chi connectivity index (χ1n) is 11.2. The average molecular weight is 548 g/mol. The number of esters is 1. The minimum atomic E-state index is -4.73. The molecule has 2 heterocycles. The second kappa shape index (κ2) is 12.2. The lowest BCUT2D eigenvalue weighted by Gasteiger charge is -2.16. The molecule has 3 N–H and O–H groups in total. The minimum Gasteiger partial charge on any atom is -0.468 e. The first-order valence-corrected chi connectivity index (χ1v) is 11.2. The maximum Gasteiger partial charge on any atom is 0.433 e. The number of likely N-dealkylation sites (tertiary alicyclic amines) is 1. The van der Waals surface area contributed by atoms with Crippen LogP contribution < -0.4 is 11.1 Å². The van der Waals surface area contributed by atoms with Crippen LogP contribution in [0.2, 0.25) is 0 Å². The lowest BCUT2D eigenvalue weighted by Crippen LogP contribution is -2.33. The number of alkyl halides is 6. The van der Waals surface area contributed by atoms with E-state index >= 15 is 0 Å². The number of halogens is 6. The van der Waals surface area contributed by atoms with Crippen LogP contribution in [0.15, 0.2) is 36.5 Å². The summed E-state index contributed by atoms with van der Waals surface area (Å²) in [4.78, 5) is 39.3. The molecule has 8 nitrogen and oxygen atoms in total. The number of carbonyl (C=O) groups is 3. The van der Waals surface area contributed by atoms with E-state index in [2.05, 4.69) is 15.0 Å². The summed E-state index contributed by atoms with van der Waals surface area (Å²) in [5.74, 6) is -3.21. The number of ether oxygens (including phenoxy) is 1. The van der Waals surface area contributed by atoms with Crippen molar-refractivity contribution in [3.8, 4) is 11.1 Å². The van der Waals surface area contributed by atoms with E-state index in [0.717, 1.165) is 37.7 Å². The molecule has 38 heavy (non-hydrogen) atoms. The van der Waals surface area contributed by atoms with Gasteiger partial charge >= 0.3 is 18.3 Å². The second-order valence-electron chi connectivity index (χ2n) is 8.46. The number of carbonyl (C=O) groups excluding carboxylic acids is 3. The van der Waals surface area contributed by atoms with E-state index in [4.69, 9.17) is 5.73 Å². The molecule has 2 aromatic rings. The highest BCUT2D eigenvalue weighted by Crippen LogP contribution is 2.37. The van der Waals surface area contributed by atoms with Gasteiger partial charge in [0.25, 0.3) is 0 Å². The molecule has 1 fully saturated rings. The fourth-order valence-electron chi connectivity index (χ4n) is 3.50. The van der Waals surface area contributed by atoms with Gasteiger partial charge in [0.05, 0.1) is 12.7 Å². The fourth-order valence-corrected chi connectivity index (χ4v) is 3.50. The van der Waals surface area contributed by atoms with Gasteiger partial charge in [-0.25, -0.2) is 0 Å². The Hall–Kier alpha value is -3.68. The van der Waals surface area contributed by atoms with Crippen molar-refractivity contribution in [3.05, 3.63) is 47.8 Å². The fraction of sp³-hybridized carbons (Fsp3) is 0.417. The molecular weight excluding hydrogens is 522 g/mol. The number of benzene rings is 1. The average Bonchev–Trinajstić information content (AvgIpc) is 3.28. The number of pyridine rings is 1. The van der Waals surface area contributed by atoms with Crippen LogP contribution in [-0.2, 0) is 31.5 Å². The predicted octanol–water partition coefficient (Wildman–Crippen LogP) is 4.10. The van der Waals surface area contributed by atoms with E-state index in [-0.39, 0.29) is 28.8 Å². The van der Waals surface area contributed by atoms with E-state index in [0.29, 0.717) is 18.2 Å². The Morgan fingerprint density at radius 2 is 1.76 bits per heavy atom. The van der Waals surface area contributed by atoms with Gasteiger partial charge in [-0.05, 0) is 57.6 Å². The molecule has 0 bridgehead atoms. The zero-order valence-corrected chi connectivity index (χ0v) is 20.6. The van der Waals surface area contributed by atoms with E-state index in [9.17, 15) is 40.7 Å². The highest BCUT2D eigenvalue weighted by atomic mass is 19.4. The van der Waals surface area contributed by atoms with Crippen LogP contribution in [0.1, 0.15) is 31.0 Å². The maximum atomic E-state index is 13.0. The van der Waals surface area contributed by atoms with Crippen molar-refractivity contribution in [2.45, 2.75) is 38.2 Å². The molecule has 0 aliphatic carbocycles. The molecule has 2 atom stereocenters. The number of nitrogens with one attached hydrogen (secondary N) is 1. The summed E-state index contributed by atoms with van der Waals surface area (Å²) < 4.78 is 81.6. The summed E-state index contributed by atoms with van der Waals surface area (Å²) in [6.45, 7) is 2.21. The van der Waals surface area contributed by atoms with Gasteiger partial charge in [-0.15, -0.1) is 0 Å². The largest absolute Gasteiger partial charge is 0.468 e. The second-order valence-corrected chi connectivity index (χ2v) is 8.46. The van der Waals surface area contributed by atoms with Gasteiger partial charge in [-0.3, -0.25) is 24.3 Å². The predicted molar refractivity (Wildman–Crippen MR) is 124 cm³/mol. The number of hydrogen-bond donors (Lipinski definition) is 2. The third kappa shape index (κ3) is 7.91. The third-order valence-corrected chi connectivity index (χ3v) is 5.78. The lowest BCUT2D eigenvalue weighted by molar-refractivity contribution is -0.145. The highest BCUT2D eigenvalue weighted by Gasteiger charge is 2.33. The molecule has 1 aliphatic heterocycles. The van der Waals surface area contributed by atoms with Gasteiger partial charge in [0.15, 0.2) is 0 Å². The van der Waals surface area contributed by atoms with Crippen LogP contribution in [-0.4, -0.2) is 54.4 Å². The lowest BCUT2D eigenvalue weighted by atomic mass is 10.0. The summed E-state index contributed by atoms with van der Waals surface area (Å²) >= 11 is 0. The van der Waals surface area contributed by atoms with Gasteiger partial charge in [0.1, 0.15) is 17.7 Å². The number of hydrogen-bond acceptors (Lipinski definition) is 6. The zero-order chi connectivity index (χ0) is 28.8. The Labute approximate surface area is 214 Å². The number of amides is 2. The summed E-state index contributed by atoms with van der Waals surface area (Å²) in [7, 11) is 3.39. The summed E-state index contributed by atoms with van der Waals surface area (Å²) in [5, 5.41) is 2.26. The number of likely N-dealkylation sites (N-methyl/N-ethyl adjacent to an activating group) is 1. The van der Waals surface area contributed by atoms with Crippen molar-refractivity contribution in [2.75, 3.05) is 26.0 Å². The zero-order valence-electron chi connectivity index (χ0n) is 20.6. The number of methoxy groups -OCH3 is 1. The van der Waals surface area contributed by atoms with Gasteiger partial charge < -0.3 is 15.8 Å². The topological polar surface area (TPSA) is 115 Å². The van der Waals surface area contributed by atoms with Gasteiger partial charge in [-0.1, -0.05) is 6.07 Å². The van der Waals surface area contributed by atoms with E-state index < -0.39 is 41.3 Å². The standard InChI is InChI=1S/C17H13F6N3O2.C7H13NO2/c1-8(14(24)27)15(28)26-12-4-3-10(16(18,19)20)6-11(12)9-2-5-13(25-7-9)17(21,22)23;1-8-5-3-4-6(8)7(9)10-2/h2-8H,1H3,(H2,24,27)(H,26,28);6H,3-5H2,1-2H3/t8-;6-/m11/s1. The number of primary amides is 1. The number of aromatic nitrogens is 1. The number of nitrogens with two attached hydrogens (primary N) is 1. The number of anilines is 1. The molecule has 1 saturated heterocycles. The van der Waals surface area contributed by atoms with Crippen molar-refractivity contribution >= 4 is 23.5 Å². The van der Waals surface area contributed by atoms with E-state index in [1.807, 2.05) is 11.9 Å². The maximum absolute atomic E-state index is 13.0. The molecule has 1 aromatic carbocycles. The Balaban J connectivity index is 0.000000423. The summed E-state index contributed by atoms with van der Waals surface area (Å²) in [6, 6.07) is 3.83. The van der Waals surface area contributed by atoms with Gasteiger partial charge in [0, 0.05) is 23.0 Å². The van der Waals surface area contributed by atoms with Crippen molar-refractivity contribution in [1.29, 1.82) is 0 Å². The van der Waals surface area contributed by atoms with E-state index in [1.54, 1.807) is 0 Å². The van der Waals surface area contributed by atoms with Crippen molar-refractivity contribution in [3.63, 3.8) is 0 Å². The molecular formula is C24H26F6N4O4. The molecule has 2 amide bonds. The monoisotopic (exact) mass is 548 g/mol. The van der Waals surface area contributed by atoms with E-state index in [1.165, 1.54) is 14.0 Å². The molecule has 1 aromatic heterocycles. The Kier molecular flexibility index (Phi) is 9.84. The quantitative estimate of drug-likeness (QED) is 0.331. The minimum absolute atomic E-state index is 0.0185. The molecule has 3 rings (SSSR count). The Bertz CT molecular complexity index is 1150. The molecule has 0 spiro atoms. The van der Waals surface area contributed by atoms with Gasteiger partial charge in [0.2, 0.25) is 11.8 Å². The molecule has 0 unspecified atom stereocenters. The van der Waals surface area contributed by atoms with Gasteiger partial charge in [-0.2, -0.15) is 26.3 Å². The number of nitrogens with zero attached hydrogens (tertiary/aromatic N) is 2. The summed E-state index contributed by atoms with van der Waals surface area (Å²) in [5.41, 5.74) is 2.24. The highest BCUT2D eigenvalue weighted by molar-refractivity contribution is 6.07. The molecule has 0 radical (unpaired) electrons. The van der Waals surface area contributed by atoms with Crippen LogP contribution in [0.5, 0.6) is 0 Å². The molecule has 1 aliphatic rings. The third-order valence-electron chi connectivity index (χ3n) is 5.78. The Morgan fingerprint density at radius 3 is 2.21 bits per heavy atom. The van der Waals surface area contributed by atoms with Crippen molar-refractivity contribution in [1.82, 2.24) is 9.88 Å². The smallest absolute Gasteiger partial charge is 0.433 e. The SMILES string of the molecule is COC(=O)[C@H]1CCCN1C.C[C@H](C(N)=O)C(=O)Nc1ccc(C(F)(F)F)cc1-c1ccc(C(F)(F)F)nc1. The van der Waals surface area contributed by atoms with Crippen LogP contribution in [0, 0.1) is 5.92 Å². The normalized spacial score (nSPS) is 16.7. The molecule has 14 heteroatoms. The van der Waals surface area contributed by atoms with Crippen LogP contribution >= 0.6 is 0 Å². The van der Waals surface area contributed by atoms with Crippen molar-refractivity contribution in [2.24, 2.45) is 11.7 Å². The van der Waals surface area contributed by atoms with Crippen LogP contribution in [0.3, 0.4) is 0 Å². The van der Waals surface area contributed by atoms with Crippen LogP contribution in [0.4, 0.5) is 32.0 Å².